The van der Waals surface area contributed by atoms with Crippen LogP contribution in [0.5, 0.6) is 0 Å². The van der Waals surface area contributed by atoms with Crippen molar-refractivity contribution in [2.45, 2.75) is 51.5 Å². The Balaban J connectivity index is 1.65. The molecule has 2 rings (SSSR count). The maximum absolute atomic E-state index is 6.04. The Kier molecular flexibility index (Phi) is 5.62. The molecule has 0 saturated carbocycles. The molecular formula is C18H30N2. The lowest BCUT2D eigenvalue weighted by molar-refractivity contribution is 0.178. The molecule has 1 heterocycles. The van der Waals surface area contributed by atoms with Crippen molar-refractivity contribution in [1.82, 2.24) is 4.90 Å². The third-order valence-electron chi connectivity index (χ3n) is 4.37. The Morgan fingerprint density at radius 1 is 1.15 bits per heavy atom. The smallest absolute Gasteiger partial charge is 0.00975 e. The summed E-state index contributed by atoms with van der Waals surface area (Å²) in [6.07, 6.45) is 6.30. The fourth-order valence-corrected chi connectivity index (χ4v) is 3.12. The van der Waals surface area contributed by atoms with E-state index in [4.69, 9.17) is 5.73 Å². The molecule has 0 bridgehead atoms. The predicted molar refractivity (Wildman–Crippen MR) is 86.8 cm³/mol. The van der Waals surface area contributed by atoms with E-state index in [1.54, 1.807) is 0 Å². The number of nitrogens with two attached hydrogens (primary N) is 1. The van der Waals surface area contributed by atoms with Crippen molar-refractivity contribution >= 4 is 0 Å². The van der Waals surface area contributed by atoms with E-state index in [1.807, 2.05) is 0 Å². The summed E-state index contributed by atoms with van der Waals surface area (Å²) in [7, 11) is 0. The third kappa shape index (κ3) is 5.64. The molecule has 0 aromatic heterocycles. The molecule has 0 spiro atoms. The van der Waals surface area contributed by atoms with Crippen LogP contribution >= 0.6 is 0 Å². The van der Waals surface area contributed by atoms with Crippen LogP contribution in [-0.2, 0) is 6.42 Å². The topological polar surface area (TPSA) is 29.3 Å². The van der Waals surface area contributed by atoms with Crippen molar-refractivity contribution in [3.8, 4) is 0 Å². The van der Waals surface area contributed by atoms with Gasteiger partial charge in [0.1, 0.15) is 0 Å². The zero-order valence-corrected chi connectivity index (χ0v) is 13.1. The van der Waals surface area contributed by atoms with Crippen LogP contribution in [0, 0.1) is 5.92 Å². The molecule has 2 heteroatoms. The number of hydrogen-bond donors (Lipinski definition) is 1. The van der Waals surface area contributed by atoms with Crippen LogP contribution in [0.1, 0.15) is 45.1 Å². The average Bonchev–Trinajstić information content (AvgIpc) is 2.41. The molecule has 0 amide bonds. The van der Waals surface area contributed by atoms with E-state index in [2.05, 4.69) is 49.1 Å². The van der Waals surface area contributed by atoms with Crippen LogP contribution in [0.25, 0.3) is 0 Å². The minimum atomic E-state index is -0.00830. The molecular weight excluding hydrogens is 244 g/mol. The minimum absolute atomic E-state index is 0.00830. The SMILES string of the molecule is CC(C)(N)CCCN1CCC(Cc2ccccc2)CC1. The zero-order valence-electron chi connectivity index (χ0n) is 13.1. The number of hydrogen-bond acceptors (Lipinski definition) is 2. The second-order valence-electron chi connectivity index (χ2n) is 7.07. The lowest BCUT2D eigenvalue weighted by atomic mass is 9.90. The molecule has 0 aliphatic carbocycles. The van der Waals surface area contributed by atoms with Gasteiger partial charge in [0.25, 0.3) is 0 Å². The van der Waals surface area contributed by atoms with Gasteiger partial charge in [-0.3, -0.25) is 0 Å². The van der Waals surface area contributed by atoms with Gasteiger partial charge in [-0.1, -0.05) is 30.3 Å². The van der Waals surface area contributed by atoms with Gasteiger partial charge in [0, 0.05) is 5.54 Å². The van der Waals surface area contributed by atoms with E-state index in [0.29, 0.717) is 0 Å². The van der Waals surface area contributed by atoms with Crippen molar-refractivity contribution < 1.29 is 0 Å². The van der Waals surface area contributed by atoms with Crippen molar-refractivity contribution in [1.29, 1.82) is 0 Å². The van der Waals surface area contributed by atoms with Crippen LogP contribution in [0.2, 0.25) is 0 Å². The first kappa shape index (κ1) is 15.5. The van der Waals surface area contributed by atoms with Gasteiger partial charge in [0.2, 0.25) is 0 Å². The highest BCUT2D eigenvalue weighted by Gasteiger charge is 2.19. The zero-order chi connectivity index (χ0) is 14.4. The summed E-state index contributed by atoms with van der Waals surface area (Å²) in [6, 6.07) is 10.9. The first-order chi connectivity index (χ1) is 9.53. The van der Waals surface area contributed by atoms with Crippen LogP contribution < -0.4 is 5.73 Å². The highest BCUT2D eigenvalue weighted by atomic mass is 15.1. The normalized spacial score (nSPS) is 18.4. The fourth-order valence-electron chi connectivity index (χ4n) is 3.12. The molecule has 1 saturated heterocycles. The Morgan fingerprint density at radius 2 is 1.80 bits per heavy atom. The molecule has 2 nitrogen and oxygen atoms in total. The van der Waals surface area contributed by atoms with Gasteiger partial charge >= 0.3 is 0 Å². The van der Waals surface area contributed by atoms with Gasteiger partial charge in [-0.25, -0.2) is 0 Å². The maximum Gasteiger partial charge on any atom is 0.00975 e. The molecule has 0 unspecified atom stereocenters. The molecule has 1 aliphatic heterocycles. The lowest BCUT2D eigenvalue weighted by Crippen LogP contribution is -2.37. The standard InChI is InChI=1S/C18H30N2/c1-18(2,19)11-6-12-20-13-9-17(10-14-20)15-16-7-4-3-5-8-16/h3-5,7-8,17H,6,9-15,19H2,1-2H3. The number of benzene rings is 1. The molecule has 0 radical (unpaired) electrons. The maximum atomic E-state index is 6.04. The predicted octanol–water partition coefficient (Wildman–Crippen LogP) is 3.46. The van der Waals surface area contributed by atoms with Gasteiger partial charge in [-0.15, -0.1) is 0 Å². The second kappa shape index (κ2) is 7.24. The molecule has 20 heavy (non-hydrogen) atoms. The Hall–Kier alpha value is -0.860. The van der Waals surface area contributed by atoms with Crippen molar-refractivity contribution in [2.24, 2.45) is 11.7 Å². The van der Waals surface area contributed by atoms with E-state index in [0.717, 1.165) is 12.3 Å². The summed E-state index contributed by atoms with van der Waals surface area (Å²) in [4.78, 5) is 2.62. The number of rotatable bonds is 6. The minimum Gasteiger partial charge on any atom is -0.326 e. The largest absolute Gasteiger partial charge is 0.326 e. The van der Waals surface area contributed by atoms with Crippen LogP contribution in [0.3, 0.4) is 0 Å². The van der Waals surface area contributed by atoms with Gasteiger partial charge in [-0.2, -0.15) is 0 Å². The molecule has 0 atom stereocenters. The Labute approximate surface area is 124 Å². The van der Waals surface area contributed by atoms with Crippen molar-refractivity contribution in [3.63, 3.8) is 0 Å². The number of nitrogens with zero attached hydrogens (tertiary/aromatic N) is 1. The van der Waals surface area contributed by atoms with Crippen LogP contribution in [0.4, 0.5) is 0 Å². The highest BCUT2D eigenvalue weighted by molar-refractivity contribution is 5.15. The lowest BCUT2D eigenvalue weighted by Gasteiger charge is -2.32. The molecule has 1 aromatic rings. The number of piperidine rings is 1. The summed E-state index contributed by atoms with van der Waals surface area (Å²) in [5, 5.41) is 0. The van der Waals surface area contributed by atoms with Gasteiger partial charge < -0.3 is 10.6 Å². The fraction of sp³-hybridized carbons (Fsp3) is 0.667. The molecule has 2 N–H and O–H groups in total. The molecule has 112 valence electrons. The highest BCUT2D eigenvalue weighted by Crippen LogP contribution is 2.22. The van der Waals surface area contributed by atoms with Crippen LogP contribution in [-0.4, -0.2) is 30.1 Å². The molecule has 1 aromatic carbocycles. The van der Waals surface area contributed by atoms with Crippen molar-refractivity contribution in [2.75, 3.05) is 19.6 Å². The summed E-state index contributed by atoms with van der Waals surface area (Å²) >= 11 is 0. The summed E-state index contributed by atoms with van der Waals surface area (Å²) < 4.78 is 0. The molecule has 1 fully saturated rings. The van der Waals surface area contributed by atoms with E-state index < -0.39 is 0 Å². The van der Waals surface area contributed by atoms with E-state index in [1.165, 1.54) is 50.9 Å². The van der Waals surface area contributed by atoms with E-state index in [9.17, 15) is 0 Å². The summed E-state index contributed by atoms with van der Waals surface area (Å²) in [6.45, 7) is 8.00. The van der Waals surface area contributed by atoms with Gasteiger partial charge in [0.15, 0.2) is 0 Å². The Bertz CT molecular complexity index is 372. The second-order valence-corrected chi connectivity index (χ2v) is 7.07. The van der Waals surface area contributed by atoms with Crippen molar-refractivity contribution in [3.05, 3.63) is 35.9 Å². The first-order valence-electron chi connectivity index (χ1n) is 8.08. The summed E-state index contributed by atoms with van der Waals surface area (Å²) in [5.41, 5.74) is 7.53. The monoisotopic (exact) mass is 274 g/mol. The molecule has 1 aliphatic rings. The van der Waals surface area contributed by atoms with Gasteiger partial charge in [0.05, 0.1) is 0 Å². The Morgan fingerprint density at radius 3 is 2.40 bits per heavy atom. The van der Waals surface area contributed by atoms with Crippen LogP contribution in [0.15, 0.2) is 30.3 Å². The first-order valence-corrected chi connectivity index (χ1v) is 8.08. The van der Waals surface area contributed by atoms with E-state index >= 15 is 0 Å². The average molecular weight is 274 g/mol. The third-order valence-corrected chi connectivity index (χ3v) is 4.37. The summed E-state index contributed by atoms with van der Waals surface area (Å²) in [5.74, 6) is 0.875. The van der Waals surface area contributed by atoms with E-state index in [-0.39, 0.29) is 5.54 Å². The number of likely N-dealkylation sites (tertiary alicyclic amines) is 1. The van der Waals surface area contributed by atoms with Gasteiger partial charge in [-0.05, 0) is 77.1 Å². The quantitative estimate of drug-likeness (QED) is 0.861.